The van der Waals surface area contributed by atoms with Gasteiger partial charge in [-0.2, -0.15) is 5.10 Å². The highest BCUT2D eigenvalue weighted by molar-refractivity contribution is 5.96. The smallest absolute Gasteiger partial charge is 0.246 e. The monoisotopic (exact) mass is 425 g/mol. The molecule has 2 atom stereocenters. The van der Waals surface area contributed by atoms with E-state index in [-0.39, 0.29) is 11.9 Å². The number of aryl methyl sites for hydroxylation is 2. The van der Waals surface area contributed by atoms with Crippen molar-refractivity contribution in [3.05, 3.63) is 108 Å². The first-order valence-corrected chi connectivity index (χ1v) is 10.7. The van der Waals surface area contributed by atoms with Crippen LogP contribution in [0.15, 0.2) is 85.5 Å². The molecule has 6 nitrogen and oxygen atoms in total. The molecule has 0 aliphatic carbocycles. The van der Waals surface area contributed by atoms with Crippen LogP contribution >= 0.6 is 0 Å². The van der Waals surface area contributed by atoms with Gasteiger partial charge in [0.2, 0.25) is 5.91 Å². The van der Waals surface area contributed by atoms with Crippen molar-refractivity contribution in [3.63, 3.8) is 0 Å². The molecule has 2 N–H and O–H groups in total. The van der Waals surface area contributed by atoms with Crippen molar-refractivity contribution in [1.29, 1.82) is 0 Å². The van der Waals surface area contributed by atoms with Gasteiger partial charge in [-0.05, 0) is 61.2 Å². The number of nitrogens with zero attached hydrogens (tertiary/aromatic N) is 3. The van der Waals surface area contributed by atoms with Gasteiger partial charge in [0, 0.05) is 11.7 Å². The lowest BCUT2D eigenvalue weighted by molar-refractivity contribution is -0.118. The molecule has 4 aromatic rings. The molecule has 4 rings (SSSR count). The van der Waals surface area contributed by atoms with Gasteiger partial charge in [-0.25, -0.2) is 9.67 Å². The molecule has 1 amide bonds. The molecule has 0 radical (unpaired) electrons. The maximum atomic E-state index is 13.4. The molecule has 0 bridgehead atoms. The Kier molecular flexibility index (Phi) is 6.42. The Morgan fingerprint density at radius 3 is 2.38 bits per heavy atom. The van der Waals surface area contributed by atoms with Crippen molar-refractivity contribution < 1.29 is 4.79 Å². The predicted molar refractivity (Wildman–Crippen MR) is 127 cm³/mol. The highest BCUT2D eigenvalue weighted by Crippen LogP contribution is 2.24. The predicted octanol–water partition coefficient (Wildman–Crippen LogP) is 4.91. The molecule has 0 unspecified atom stereocenters. The Morgan fingerprint density at radius 1 is 0.938 bits per heavy atom. The standard InChI is InChI=1S/C26H27N5O/c1-18-9-10-19(2)24(15-18)30-26(32)25(22-7-5-4-6-8-22)29-20(3)21-11-13-23(14-12-21)31-17-27-16-28-31/h4-17,20,25,29H,1-3H3,(H,30,32)/t20-,25+/m0/s1. The van der Waals surface area contributed by atoms with Gasteiger partial charge in [0.05, 0.1) is 5.69 Å². The van der Waals surface area contributed by atoms with Crippen LogP contribution in [0.5, 0.6) is 0 Å². The minimum Gasteiger partial charge on any atom is -0.324 e. The topological polar surface area (TPSA) is 71.8 Å². The first kappa shape index (κ1) is 21.5. The molecule has 0 aliphatic heterocycles. The second kappa shape index (κ2) is 9.58. The number of amides is 1. The van der Waals surface area contributed by atoms with E-state index in [1.807, 2.05) is 86.6 Å². The van der Waals surface area contributed by atoms with Gasteiger partial charge in [0.25, 0.3) is 0 Å². The summed E-state index contributed by atoms with van der Waals surface area (Å²) in [5.41, 5.74) is 5.91. The average molecular weight is 426 g/mol. The van der Waals surface area contributed by atoms with Crippen molar-refractivity contribution in [2.45, 2.75) is 32.9 Å². The van der Waals surface area contributed by atoms with Gasteiger partial charge in [0.15, 0.2) is 0 Å². The summed E-state index contributed by atoms with van der Waals surface area (Å²) in [5, 5.41) is 10.8. The number of anilines is 1. The summed E-state index contributed by atoms with van der Waals surface area (Å²) in [5.74, 6) is -0.0871. The third-order valence-corrected chi connectivity index (χ3v) is 5.54. The Hall–Kier alpha value is -3.77. The van der Waals surface area contributed by atoms with E-state index in [0.717, 1.165) is 33.6 Å². The Morgan fingerprint density at radius 2 is 1.69 bits per heavy atom. The van der Waals surface area contributed by atoms with Crippen LogP contribution in [0.25, 0.3) is 5.69 Å². The van der Waals surface area contributed by atoms with Gasteiger partial charge in [-0.15, -0.1) is 0 Å². The van der Waals surface area contributed by atoms with E-state index in [1.54, 1.807) is 11.0 Å². The van der Waals surface area contributed by atoms with Crippen LogP contribution in [0.3, 0.4) is 0 Å². The Labute approximate surface area is 188 Å². The Bertz CT molecular complexity index is 1170. The number of carbonyl (C=O) groups is 1. The third-order valence-electron chi connectivity index (χ3n) is 5.54. The molecule has 6 heteroatoms. The van der Waals surface area contributed by atoms with E-state index < -0.39 is 6.04 Å². The van der Waals surface area contributed by atoms with Gasteiger partial charge < -0.3 is 5.32 Å². The molecule has 32 heavy (non-hydrogen) atoms. The van der Waals surface area contributed by atoms with E-state index >= 15 is 0 Å². The number of aromatic nitrogens is 3. The van der Waals surface area contributed by atoms with Crippen LogP contribution in [0.1, 0.15) is 41.3 Å². The number of rotatable bonds is 7. The highest BCUT2D eigenvalue weighted by atomic mass is 16.2. The second-order valence-corrected chi connectivity index (χ2v) is 7.97. The van der Waals surface area contributed by atoms with E-state index in [0.29, 0.717) is 0 Å². The summed E-state index contributed by atoms with van der Waals surface area (Å²) in [6.07, 6.45) is 3.18. The van der Waals surface area contributed by atoms with Crippen molar-refractivity contribution in [2.75, 3.05) is 5.32 Å². The first-order valence-electron chi connectivity index (χ1n) is 10.7. The highest BCUT2D eigenvalue weighted by Gasteiger charge is 2.23. The maximum absolute atomic E-state index is 13.4. The van der Waals surface area contributed by atoms with Crippen molar-refractivity contribution in [3.8, 4) is 5.69 Å². The lowest BCUT2D eigenvalue weighted by atomic mass is 10.0. The van der Waals surface area contributed by atoms with Crippen LogP contribution in [0.2, 0.25) is 0 Å². The third kappa shape index (κ3) is 4.92. The summed E-state index contributed by atoms with van der Waals surface area (Å²) in [6, 6.07) is 23.4. The molecule has 0 aliphatic rings. The number of nitrogens with one attached hydrogen (secondary N) is 2. The van der Waals surface area contributed by atoms with Crippen molar-refractivity contribution in [2.24, 2.45) is 0 Å². The zero-order valence-corrected chi connectivity index (χ0v) is 18.5. The van der Waals surface area contributed by atoms with Crippen LogP contribution in [-0.2, 0) is 4.79 Å². The van der Waals surface area contributed by atoms with Gasteiger partial charge in [-0.3, -0.25) is 10.1 Å². The fourth-order valence-electron chi connectivity index (χ4n) is 3.65. The molecule has 0 fully saturated rings. The fraction of sp³-hybridized carbons (Fsp3) is 0.192. The fourth-order valence-corrected chi connectivity index (χ4v) is 3.65. The summed E-state index contributed by atoms with van der Waals surface area (Å²) in [4.78, 5) is 17.4. The SMILES string of the molecule is Cc1ccc(C)c(NC(=O)[C@H](N[C@@H](C)c2ccc(-n3cncn3)cc2)c2ccccc2)c1. The number of carbonyl (C=O) groups excluding carboxylic acids is 1. The molecule has 0 saturated carbocycles. The van der Waals surface area contributed by atoms with Crippen LogP contribution in [0.4, 0.5) is 5.69 Å². The number of benzene rings is 3. The van der Waals surface area contributed by atoms with Crippen LogP contribution < -0.4 is 10.6 Å². The molecule has 0 spiro atoms. The minimum atomic E-state index is -0.499. The molecule has 1 aromatic heterocycles. The minimum absolute atomic E-state index is 0.0469. The van der Waals surface area contributed by atoms with Gasteiger partial charge >= 0.3 is 0 Å². The van der Waals surface area contributed by atoms with Crippen molar-refractivity contribution >= 4 is 11.6 Å². The van der Waals surface area contributed by atoms with E-state index in [2.05, 4.69) is 27.6 Å². The first-order chi connectivity index (χ1) is 15.5. The van der Waals surface area contributed by atoms with Gasteiger partial charge in [-0.1, -0.05) is 54.6 Å². The van der Waals surface area contributed by atoms with Crippen LogP contribution in [-0.4, -0.2) is 20.7 Å². The Balaban J connectivity index is 1.55. The van der Waals surface area contributed by atoms with Gasteiger partial charge in [0.1, 0.15) is 18.7 Å². The summed E-state index contributed by atoms with van der Waals surface area (Å²) in [6.45, 7) is 6.08. The largest absolute Gasteiger partial charge is 0.324 e. The summed E-state index contributed by atoms with van der Waals surface area (Å²) < 4.78 is 1.71. The molecule has 1 heterocycles. The van der Waals surface area contributed by atoms with E-state index in [1.165, 1.54) is 6.33 Å². The second-order valence-electron chi connectivity index (χ2n) is 7.97. The average Bonchev–Trinajstić information content (AvgIpc) is 3.35. The molecular formula is C26H27N5O. The number of hydrogen-bond acceptors (Lipinski definition) is 4. The van der Waals surface area contributed by atoms with E-state index in [4.69, 9.17) is 0 Å². The molecule has 3 aromatic carbocycles. The zero-order valence-electron chi connectivity index (χ0n) is 18.5. The molecule has 0 saturated heterocycles. The van der Waals surface area contributed by atoms with Crippen LogP contribution in [0, 0.1) is 13.8 Å². The maximum Gasteiger partial charge on any atom is 0.246 e. The normalized spacial score (nSPS) is 12.8. The quantitative estimate of drug-likeness (QED) is 0.441. The summed E-state index contributed by atoms with van der Waals surface area (Å²) >= 11 is 0. The van der Waals surface area contributed by atoms with E-state index in [9.17, 15) is 4.79 Å². The lowest BCUT2D eigenvalue weighted by Crippen LogP contribution is -2.34. The summed E-state index contributed by atoms with van der Waals surface area (Å²) in [7, 11) is 0. The lowest BCUT2D eigenvalue weighted by Gasteiger charge is -2.24. The number of hydrogen-bond donors (Lipinski definition) is 2. The molecule has 162 valence electrons. The van der Waals surface area contributed by atoms with Crippen molar-refractivity contribution in [1.82, 2.24) is 20.1 Å². The molecular weight excluding hydrogens is 398 g/mol. The zero-order chi connectivity index (χ0) is 22.5.